The minimum absolute atomic E-state index is 0.0115. The van der Waals surface area contributed by atoms with Gasteiger partial charge in [-0.15, -0.1) is 11.8 Å². The Balaban J connectivity index is 2.22. The van der Waals surface area contributed by atoms with Gasteiger partial charge < -0.3 is 10.1 Å². The topological polar surface area (TPSA) is 58.6 Å². The Hall–Kier alpha value is -2.02. The van der Waals surface area contributed by atoms with Crippen molar-refractivity contribution in [3.8, 4) is 0 Å². The summed E-state index contributed by atoms with van der Waals surface area (Å²) in [6.07, 6.45) is 0. The minimum atomic E-state index is -1.17. The summed E-state index contributed by atoms with van der Waals surface area (Å²) < 4.78 is 18.8. The number of allylic oxidation sites excluding steroid dienone is 1. The van der Waals surface area contributed by atoms with Gasteiger partial charge in [-0.1, -0.05) is 26.8 Å². The summed E-state index contributed by atoms with van der Waals surface area (Å²) in [5, 5.41) is 2.66. The van der Waals surface area contributed by atoms with Gasteiger partial charge in [0, 0.05) is 10.4 Å². The van der Waals surface area contributed by atoms with E-state index in [4.69, 9.17) is 4.74 Å². The van der Waals surface area contributed by atoms with Crippen LogP contribution in [-0.2, 0) is 14.3 Å². The van der Waals surface area contributed by atoms with E-state index in [0.717, 1.165) is 0 Å². The number of benzene rings is 1. The van der Waals surface area contributed by atoms with E-state index in [1.807, 2.05) is 20.8 Å². The molecular formula is C19H25FN2O3S. The van der Waals surface area contributed by atoms with Gasteiger partial charge in [0.2, 0.25) is 5.91 Å². The molecule has 1 aliphatic rings. The molecule has 142 valence electrons. The fourth-order valence-electron chi connectivity index (χ4n) is 2.37. The first kappa shape index (κ1) is 20.3. The van der Waals surface area contributed by atoms with Crippen molar-refractivity contribution in [2.24, 2.45) is 0 Å². The maximum atomic E-state index is 13.3. The molecule has 0 unspecified atom stereocenters. The van der Waals surface area contributed by atoms with Crippen LogP contribution in [0.25, 0.3) is 0 Å². The lowest BCUT2D eigenvalue weighted by Gasteiger charge is -2.40. The number of halogens is 1. The predicted molar refractivity (Wildman–Crippen MR) is 102 cm³/mol. The number of amides is 2. The predicted octanol–water partition coefficient (Wildman–Crippen LogP) is 4.12. The molecule has 1 aromatic rings. The fraction of sp³-hybridized carbons (Fsp3) is 0.474. The number of ether oxygens (including phenoxy) is 1. The van der Waals surface area contributed by atoms with E-state index in [1.54, 1.807) is 26.8 Å². The van der Waals surface area contributed by atoms with Crippen molar-refractivity contribution < 1.29 is 18.7 Å². The molecule has 0 radical (unpaired) electrons. The number of nitrogens with zero attached hydrogens (tertiary/aromatic N) is 1. The van der Waals surface area contributed by atoms with Gasteiger partial charge in [-0.2, -0.15) is 0 Å². The third-order valence-corrected chi connectivity index (χ3v) is 5.17. The average Bonchev–Trinajstić information content (AvgIpc) is 2.50. The molecule has 0 atom stereocenters. The minimum Gasteiger partial charge on any atom is -0.476 e. The van der Waals surface area contributed by atoms with Gasteiger partial charge in [-0.25, -0.2) is 4.39 Å². The SMILES string of the molecule is CC1=C(SC(C)(C)C)C(=O)N(C(C)(C)C(=O)Nc2cccc(F)c2)CO1. The van der Waals surface area contributed by atoms with E-state index in [-0.39, 0.29) is 17.4 Å². The third kappa shape index (κ3) is 4.58. The highest BCUT2D eigenvalue weighted by Gasteiger charge is 2.42. The molecule has 0 saturated carbocycles. The molecule has 7 heteroatoms. The summed E-state index contributed by atoms with van der Waals surface area (Å²) in [5.74, 6) is -0.541. The number of rotatable bonds is 4. The smallest absolute Gasteiger partial charge is 0.267 e. The summed E-state index contributed by atoms with van der Waals surface area (Å²) >= 11 is 1.41. The van der Waals surface area contributed by atoms with Crippen molar-refractivity contribution in [3.63, 3.8) is 0 Å². The Kier molecular flexibility index (Phi) is 5.70. The van der Waals surface area contributed by atoms with E-state index < -0.39 is 17.3 Å². The van der Waals surface area contributed by atoms with Gasteiger partial charge in [-0.05, 0) is 39.0 Å². The molecular weight excluding hydrogens is 355 g/mol. The van der Waals surface area contributed by atoms with Crippen molar-refractivity contribution in [2.75, 3.05) is 12.0 Å². The van der Waals surface area contributed by atoms with Crippen LogP contribution in [0.3, 0.4) is 0 Å². The van der Waals surface area contributed by atoms with E-state index in [0.29, 0.717) is 16.4 Å². The fourth-order valence-corrected chi connectivity index (χ4v) is 3.38. The summed E-state index contributed by atoms with van der Waals surface area (Å²) in [7, 11) is 0. The lowest BCUT2D eigenvalue weighted by atomic mass is 10.0. The molecule has 2 amide bonds. The van der Waals surface area contributed by atoms with Gasteiger partial charge >= 0.3 is 0 Å². The lowest BCUT2D eigenvalue weighted by Crippen LogP contribution is -2.57. The maximum Gasteiger partial charge on any atom is 0.267 e. The molecule has 1 aliphatic heterocycles. The zero-order valence-electron chi connectivity index (χ0n) is 16.0. The number of nitrogens with one attached hydrogen (secondary N) is 1. The quantitative estimate of drug-likeness (QED) is 0.854. The molecule has 0 spiro atoms. The molecule has 26 heavy (non-hydrogen) atoms. The number of anilines is 1. The van der Waals surface area contributed by atoms with Crippen molar-refractivity contribution in [3.05, 3.63) is 40.7 Å². The maximum absolute atomic E-state index is 13.3. The van der Waals surface area contributed by atoms with Gasteiger partial charge in [0.25, 0.3) is 5.91 Å². The first-order valence-corrected chi connectivity index (χ1v) is 9.15. The van der Waals surface area contributed by atoms with Crippen molar-refractivity contribution in [1.29, 1.82) is 0 Å². The van der Waals surface area contributed by atoms with Crippen LogP contribution >= 0.6 is 11.8 Å². The van der Waals surface area contributed by atoms with Crippen molar-refractivity contribution >= 4 is 29.3 Å². The molecule has 2 rings (SSSR count). The van der Waals surface area contributed by atoms with Gasteiger partial charge in [0.1, 0.15) is 22.0 Å². The number of thioether (sulfide) groups is 1. The molecule has 1 N–H and O–H groups in total. The van der Waals surface area contributed by atoms with E-state index in [1.165, 1.54) is 34.9 Å². The van der Waals surface area contributed by atoms with Crippen molar-refractivity contribution in [2.45, 2.75) is 51.8 Å². The second-order valence-corrected chi connectivity index (χ2v) is 9.47. The van der Waals surface area contributed by atoms with Gasteiger partial charge in [-0.3, -0.25) is 14.5 Å². The Bertz CT molecular complexity index is 753. The highest BCUT2D eigenvalue weighted by atomic mass is 32.2. The number of hydrogen-bond donors (Lipinski definition) is 1. The Morgan fingerprint density at radius 1 is 1.27 bits per heavy atom. The van der Waals surface area contributed by atoms with E-state index in [2.05, 4.69) is 5.32 Å². The van der Waals surface area contributed by atoms with Crippen LogP contribution in [0, 0.1) is 5.82 Å². The van der Waals surface area contributed by atoms with E-state index in [9.17, 15) is 14.0 Å². The monoisotopic (exact) mass is 380 g/mol. The molecule has 1 heterocycles. The molecule has 0 fully saturated rings. The normalized spacial score (nSPS) is 15.8. The lowest BCUT2D eigenvalue weighted by molar-refractivity contribution is -0.148. The van der Waals surface area contributed by atoms with Crippen LogP contribution < -0.4 is 5.32 Å². The molecule has 1 aromatic carbocycles. The second kappa shape index (κ2) is 7.31. The molecule has 0 saturated heterocycles. The van der Waals surface area contributed by atoms with Gasteiger partial charge in [0.15, 0.2) is 6.73 Å². The zero-order valence-corrected chi connectivity index (χ0v) is 16.8. The molecule has 0 aliphatic carbocycles. The summed E-state index contributed by atoms with van der Waals surface area (Å²) in [6, 6.07) is 5.63. The van der Waals surface area contributed by atoms with Crippen LogP contribution in [0.2, 0.25) is 0 Å². The standard InChI is InChI=1S/C19H25FN2O3S/c1-12-15(26-18(2,3)4)16(23)22(11-25-12)19(5,6)17(24)21-14-9-7-8-13(20)10-14/h7-10H,11H2,1-6H3,(H,21,24). The summed E-state index contributed by atoms with van der Waals surface area (Å²) in [6.45, 7) is 11.0. The number of carbonyl (C=O) groups is 2. The van der Waals surface area contributed by atoms with E-state index >= 15 is 0 Å². The number of hydrogen-bond acceptors (Lipinski definition) is 4. The molecule has 0 aromatic heterocycles. The Labute approximate surface area is 158 Å². The Morgan fingerprint density at radius 2 is 1.92 bits per heavy atom. The molecule has 5 nitrogen and oxygen atoms in total. The van der Waals surface area contributed by atoms with Crippen LogP contribution in [0.5, 0.6) is 0 Å². The first-order chi connectivity index (χ1) is 11.9. The highest BCUT2D eigenvalue weighted by Crippen LogP contribution is 2.38. The van der Waals surface area contributed by atoms with Crippen LogP contribution in [0.4, 0.5) is 10.1 Å². The largest absolute Gasteiger partial charge is 0.476 e. The first-order valence-electron chi connectivity index (χ1n) is 8.33. The third-order valence-electron chi connectivity index (χ3n) is 3.89. The Morgan fingerprint density at radius 3 is 2.50 bits per heavy atom. The van der Waals surface area contributed by atoms with Crippen LogP contribution in [0.1, 0.15) is 41.5 Å². The van der Waals surface area contributed by atoms with Crippen LogP contribution in [0.15, 0.2) is 34.9 Å². The average molecular weight is 380 g/mol. The summed E-state index contributed by atoms with van der Waals surface area (Å²) in [5.41, 5.74) is -0.835. The number of carbonyl (C=O) groups excluding carboxylic acids is 2. The second-order valence-electron chi connectivity index (χ2n) is 7.63. The molecule has 0 bridgehead atoms. The van der Waals surface area contributed by atoms with Gasteiger partial charge in [0.05, 0.1) is 0 Å². The summed E-state index contributed by atoms with van der Waals surface area (Å²) in [4.78, 5) is 27.6. The highest BCUT2D eigenvalue weighted by molar-refractivity contribution is 8.05. The van der Waals surface area contributed by atoms with Crippen molar-refractivity contribution in [1.82, 2.24) is 4.90 Å². The zero-order chi connectivity index (χ0) is 19.7. The van der Waals surface area contributed by atoms with Crippen LogP contribution in [-0.4, -0.2) is 33.7 Å².